The number of hydrogen-bond acceptors (Lipinski definition) is 4. The maximum absolute atomic E-state index is 12.7. The fraction of sp³-hybridized carbons (Fsp3) is 0.200. The first-order valence-electron chi connectivity index (χ1n) is 6.64. The molecule has 1 aromatic heterocycles. The highest BCUT2D eigenvalue weighted by Crippen LogP contribution is 2.17. The predicted molar refractivity (Wildman–Crippen MR) is 80.7 cm³/mol. The molecule has 116 valence electrons. The Morgan fingerprint density at radius 2 is 2.05 bits per heavy atom. The van der Waals surface area contributed by atoms with Gasteiger partial charge in [-0.25, -0.2) is 12.8 Å². The highest BCUT2D eigenvalue weighted by Gasteiger charge is 2.12. The van der Waals surface area contributed by atoms with E-state index in [9.17, 15) is 17.6 Å². The molecule has 1 amide bonds. The number of benzene rings is 1. The van der Waals surface area contributed by atoms with Gasteiger partial charge in [0.15, 0.2) is 9.84 Å². The molecule has 0 aliphatic heterocycles. The molecular formula is C15H15FN2O3S. The fourth-order valence-corrected chi connectivity index (χ4v) is 2.74. The first-order valence-corrected chi connectivity index (χ1v) is 8.29. The minimum atomic E-state index is -3.33. The summed E-state index contributed by atoms with van der Waals surface area (Å²) in [6, 6.07) is 8.71. The van der Waals surface area contributed by atoms with Crippen LogP contribution in [0.1, 0.15) is 12.6 Å². The highest BCUT2D eigenvalue weighted by molar-refractivity contribution is 7.91. The molecule has 0 unspecified atom stereocenters. The van der Waals surface area contributed by atoms with Crippen molar-refractivity contribution < 1.29 is 17.6 Å². The predicted octanol–water partition coefficient (Wildman–Crippen LogP) is 2.20. The molecule has 0 saturated heterocycles. The van der Waals surface area contributed by atoms with E-state index in [0.29, 0.717) is 11.4 Å². The molecule has 7 heteroatoms. The van der Waals surface area contributed by atoms with Crippen LogP contribution < -0.4 is 5.32 Å². The second-order valence-corrected chi connectivity index (χ2v) is 6.90. The molecule has 1 aromatic carbocycles. The van der Waals surface area contributed by atoms with Crippen molar-refractivity contribution in [3.05, 3.63) is 54.1 Å². The summed E-state index contributed by atoms with van der Waals surface area (Å²) in [5, 5.41) is 2.60. The van der Waals surface area contributed by atoms with E-state index in [1.165, 1.54) is 24.3 Å². The number of nitrogens with one attached hydrogen (secondary N) is 1. The van der Waals surface area contributed by atoms with Gasteiger partial charge in [-0.1, -0.05) is 13.0 Å². The number of sulfone groups is 1. The van der Waals surface area contributed by atoms with Crippen LogP contribution in [0, 0.1) is 5.82 Å². The van der Waals surface area contributed by atoms with Gasteiger partial charge >= 0.3 is 0 Å². The molecule has 2 aromatic rings. The number of carbonyl (C=O) groups excluding carboxylic acids is 1. The lowest BCUT2D eigenvalue weighted by Crippen LogP contribution is -2.15. The van der Waals surface area contributed by atoms with Crippen molar-refractivity contribution in [2.75, 3.05) is 11.1 Å². The van der Waals surface area contributed by atoms with Crippen molar-refractivity contribution in [1.29, 1.82) is 0 Å². The number of anilines is 1. The number of hydrogen-bond donors (Lipinski definition) is 1. The smallest absolute Gasteiger partial charge is 0.230 e. The number of pyridine rings is 1. The second kappa shape index (κ2) is 6.65. The summed E-state index contributed by atoms with van der Waals surface area (Å²) in [5.41, 5.74) is 0.817. The van der Waals surface area contributed by atoms with E-state index in [1.807, 2.05) is 0 Å². The zero-order valence-electron chi connectivity index (χ0n) is 11.9. The van der Waals surface area contributed by atoms with Crippen molar-refractivity contribution >= 4 is 21.4 Å². The third-order valence-electron chi connectivity index (χ3n) is 2.99. The summed E-state index contributed by atoms with van der Waals surface area (Å²) >= 11 is 0. The van der Waals surface area contributed by atoms with Gasteiger partial charge in [-0.15, -0.1) is 0 Å². The first kappa shape index (κ1) is 16.1. The summed E-state index contributed by atoms with van der Waals surface area (Å²) in [5.74, 6) is -0.837. The number of rotatable bonds is 5. The Morgan fingerprint density at radius 3 is 2.68 bits per heavy atom. The minimum Gasteiger partial charge on any atom is -0.326 e. The van der Waals surface area contributed by atoms with Crippen LogP contribution in [-0.4, -0.2) is 25.1 Å². The average molecular weight is 322 g/mol. The van der Waals surface area contributed by atoms with Gasteiger partial charge in [-0.2, -0.15) is 0 Å². The van der Waals surface area contributed by atoms with Crippen LogP contribution in [0.5, 0.6) is 0 Å². The Labute approximate surface area is 128 Å². The third kappa shape index (κ3) is 4.11. The highest BCUT2D eigenvalue weighted by atomic mass is 32.2. The molecule has 0 bridgehead atoms. The van der Waals surface area contributed by atoms with Crippen LogP contribution in [-0.2, 0) is 21.1 Å². The van der Waals surface area contributed by atoms with Crippen LogP contribution >= 0.6 is 0 Å². The Kier molecular flexibility index (Phi) is 4.87. The van der Waals surface area contributed by atoms with Crippen molar-refractivity contribution in [3.8, 4) is 0 Å². The Bertz CT molecular complexity index is 774. The SMILES string of the molecule is CCS(=O)(=O)c1cccc(NC(=O)Cc2ccc(F)cn2)c1. The molecule has 0 radical (unpaired) electrons. The van der Waals surface area contributed by atoms with Gasteiger partial charge in [-0.3, -0.25) is 9.78 Å². The van der Waals surface area contributed by atoms with Gasteiger partial charge in [0.2, 0.25) is 5.91 Å². The summed E-state index contributed by atoms with van der Waals surface area (Å²) < 4.78 is 36.3. The summed E-state index contributed by atoms with van der Waals surface area (Å²) in [7, 11) is -3.33. The molecule has 0 aliphatic carbocycles. The molecule has 0 saturated carbocycles. The van der Waals surface area contributed by atoms with Gasteiger partial charge in [0, 0.05) is 11.4 Å². The van der Waals surface area contributed by atoms with Gasteiger partial charge in [0.05, 0.1) is 23.3 Å². The van der Waals surface area contributed by atoms with Crippen LogP contribution in [0.25, 0.3) is 0 Å². The molecular weight excluding hydrogens is 307 g/mol. The molecule has 0 atom stereocenters. The Hall–Kier alpha value is -2.28. The fourth-order valence-electron chi connectivity index (χ4n) is 1.81. The quantitative estimate of drug-likeness (QED) is 0.915. The summed E-state index contributed by atoms with van der Waals surface area (Å²) in [4.78, 5) is 15.9. The number of amides is 1. The molecule has 1 N–H and O–H groups in total. The van der Waals surface area contributed by atoms with Crippen LogP contribution in [0.4, 0.5) is 10.1 Å². The molecule has 0 spiro atoms. The molecule has 0 fully saturated rings. The van der Waals surface area contributed by atoms with Crippen LogP contribution in [0.3, 0.4) is 0 Å². The minimum absolute atomic E-state index is 0.0100. The van der Waals surface area contributed by atoms with Crippen LogP contribution in [0.2, 0.25) is 0 Å². The number of carbonyl (C=O) groups is 1. The van der Waals surface area contributed by atoms with Gasteiger partial charge < -0.3 is 5.32 Å². The molecule has 0 aliphatic rings. The van der Waals surface area contributed by atoms with E-state index < -0.39 is 15.7 Å². The van der Waals surface area contributed by atoms with E-state index in [2.05, 4.69) is 10.3 Å². The molecule has 2 rings (SSSR count). The van der Waals surface area contributed by atoms with Crippen molar-refractivity contribution in [2.45, 2.75) is 18.2 Å². The monoisotopic (exact) mass is 322 g/mol. The second-order valence-electron chi connectivity index (χ2n) is 4.62. The lowest BCUT2D eigenvalue weighted by atomic mass is 10.2. The topological polar surface area (TPSA) is 76.1 Å². The summed E-state index contributed by atoms with van der Waals surface area (Å²) in [6.07, 6.45) is 1.02. The van der Waals surface area contributed by atoms with Crippen LogP contribution in [0.15, 0.2) is 47.5 Å². The zero-order valence-corrected chi connectivity index (χ0v) is 12.7. The number of halogens is 1. The summed E-state index contributed by atoms with van der Waals surface area (Å²) in [6.45, 7) is 1.56. The van der Waals surface area contributed by atoms with Gasteiger partial charge in [0.1, 0.15) is 5.82 Å². The first-order chi connectivity index (χ1) is 10.4. The Morgan fingerprint density at radius 1 is 1.27 bits per heavy atom. The zero-order chi connectivity index (χ0) is 16.2. The average Bonchev–Trinajstić information content (AvgIpc) is 2.50. The molecule has 5 nitrogen and oxygen atoms in total. The van der Waals surface area contributed by atoms with Gasteiger partial charge in [0.25, 0.3) is 0 Å². The van der Waals surface area contributed by atoms with E-state index in [-0.39, 0.29) is 23.0 Å². The third-order valence-corrected chi connectivity index (χ3v) is 4.72. The van der Waals surface area contributed by atoms with E-state index in [4.69, 9.17) is 0 Å². The standard InChI is InChI=1S/C15H15FN2O3S/c1-2-22(20,21)14-5-3-4-13(8-14)18-15(19)9-12-7-6-11(16)10-17-12/h3-8,10H,2,9H2,1H3,(H,18,19). The van der Waals surface area contributed by atoms with Crippen molar-refractivity contribution in [1.82, 2.24) is 4.98 Å². The Balaban J connectivity index is 2.09. The largest absolute Gasteiger partial charge is 0.326 e. The molecule has 22 heavy (non-hydrogen) atoms. The van der Waals surface area contributed by atoms with Gasteiger partial charge in [-0.05, 0) is 30.3 Å². The normalized spacial score (nSPS) is 11.2. The van der Waals surface area contributed by atoms with Crippen molar-refractivity contribution in [2.24, 2.45) is 0 Å². The lowest BCUT2D eigenvalue weighted by Gasteiger charge is -2.07. The maximum Gasteiger partial charge on any atom is 0.230 e. The van der Waals surface area contributed by atoms with E-state index >= 15 is 0 Å². The number of aromatic nitrogens is 1. The van der Waals surface area contributed by atoms with E-state index in [0.717, 1.165) is 6.20 Å². The van der Waals surface area contributed by atoms with Crippen molar-refractivity contribution in [3.63, 3.8) is 0 Å². The lowest BCUT2D eigenvalue weighted by molar-refractivity contribution is -0.115. The maximum atomic E-state index is 12.7. The number of nitrogens with zero attached hydrogens (tertiary/aromatic N) is 1. The van der Waals surface area contributed by atoms with E-state index in [1.54, 1.807) is 19.1 Å². The molecule has 1 heterocycles.